The Morgan fingerprint density at radius 2 is 1.70 bits per heavy atom. The van der Waals surface area contributed by atoms with Gasteiger partial charge in [0.05, 0.1) is 11.8 Å². The van der Waals surface area contributed by atoms with Crippen LogP contribution in [-0.4, -0.2) is 54.4 Å². The molecule has 0 atom stereocenters. The predicted octanol–water partition coefficient (Wildman–Crippen LogP) is 3.27. The molecule has 1 fully saturated rings. The summed E-state index contributed by atoms with van der Waals surface area (Å²) < 4.78 is 19.4. The number of para-hydroxylation sites is 1. The van der Waals surface area contributed by atoms with Crippen LogP contribution in [0.2, 0.25) is 0 Å². The number of amides is 2. The highest BCUT2D eigenvalue weighted by molar-refractivity contribution is 5.79. The van der Waals surface area contributed by atoms with E-state index in [-0.39, 0.29) is 30.5 Å². The first-order chi connectivity index (χ1) is 16.1. The third-order valence-electron chi connectivity index (χ3n) is 5.67. The number of aromatic nitrogens is 1. The van der Waals surface area contributed by atoms with Crippen molar-refractivity contribution in [3.8, 4) is 11.3 Å². The van der Waals surface area contributed by atoms with Crippen molar-refractivity contribution < 1.29 is 18.4 Å². The van der Waals surface area contributed by atoms with E-state index in [1.165, 1.54) is 18.0 Å². The Kier molecular flexibility index (Phi) is 7.34. The van der Waals surface area contributed by atoms with Crippen molar-refractivity contribution in [2.45, 2.75) is 19.3 Å². The van der Waals surface area contributed by atoms with Gasteiger partial charge in [-0.3, -0.25) is 9.59 Å². The lowest BCUT2D eigenvalue weighted by molar-refractivity contribution is -0.131. The molecular formula is C25H27FN4O3. The SMILES string of the molecule is O=C(CCc1ncc(-c2ccccc2F)o1)NCCC(=O)N1CCN(c2ccccc2)CC1. The Morgan fingerprint density at radius 3 is 2.45 bits per heavy atom. The van der Waals surface area contributed by atoms with E-state index in [0.29, 0.717) is 43.3 Å². The third-order valence-corrected chi connectivity index (χ3v) is 5.67. The summed E-state index contributed by atoms with van der Waals surface area (Å²) in [6, 6.07) is 16.5. The average Bonchev–Trinajstić information content (AvgIpc) is 3.32. The van der Waals surface area contributed by atoms with Crippen LogP contribution in [-0.2, 0) is 16.0 Å². The van der Waals surface area contributed by atoms with Gasteiger partial charge in [-0.2, -0.15) is 0 Å². The number of oxazole rings is 1. The van der Waals surface area contributed by atoms with Crippen LogP contribution >= 0.6 is 0 Å². The Hall–Kier alpha value is -3.68. The molecule has 0 saturated carbocycles. The van der Waals surface area contributed by atoms with E-state index in [0.717, 1.165) is 13.1 Å². The van der Waals surface area contributed by atoms with E-state index in [1.54, 1.807) is 18.2 Å². The Balaban J connectivity index is 1.15. The molecule has 1 saturated heterocycles. The largest absolute Gasteiger partial charge is 0.441 e. The number of anilines is 1. The monoisotopic (exact) mass is 450 g/mol. The number of halogens is 1. The molecule has 0 spiro atoms. The van der Waals surface area contributed by atoms with E-state index in [9.17, 15) is 14.0 Å². The molecule has 3 aromatic rings. The molecule has 172 valence electrons. The van der Waals surface area contributed by atoms with E-state index >= 15 is 0 Å². The highest BCUT2D eigenvalue weighted by atomic mass is 19.1. The minimum atomic E-state index is -0.385. The molecule has 0 bridgehead atoms. The highest BCUT2D eigenvalue weighted by Crippen LogP contribution is 2.23. The van der Waals surface area contributed by atoms with E-state index in [4.69, 9.17) is 4.42 Å². The molecule has 1 aliphatic heterocycles. The summed E-state index contributed by atoms with van der Waals surface area (Å²) in [7, 11) is 0. The molecule has 33 heavy (non-hydrogen) atoms. The van der Waals surface area contributed by atoms with Crippen LogP contribution in [0.4, 0.5) is 10.1 Å². The molecule has 7 nitrogen and oxygen atoms in total. The Labute approximate surface area is 192 Å². The van der Waals surface area contributed by atoms with Crippen molar-refractivity contribution in [3.63, 3.8) is 0 Å². The highest BCUT2D eigenvalue weighted by Gasteiger charge is 2.21. The number of nitrogens with zero attached hydrogens (tertiary/aromatic N) is 3. The van der Waals surface area contributed by atoms with Crippen molar-refractivity contribution in [2.24, 2.45) is 0 Å². The van der Waals surface area contributed by atoms with Crippen molar-refractivity contribution in [2.75, 3.05) is 37.6 Å². The maximum Gasteiger partial charge on any atom is 0.224 e. The fourth-order valence-electron chi connectivity index (χ4n) is 3.84. The zero-order valence-electron chi connectivity index (χ0n) is 18.4. The van der Waals surface area contributed by atoms with Crippen LogP contribution in [0.3, 0.4) is 0 Å². The summed E-state index contributed by atoms with van der Waals surface area (Å²) in [6.45, 7) is 3.25. The summed E-state index contributed by atoms with van der Waals surface area (Å²) in [5.74, 6) is 0.189. The van der Waals surface area contributed by atoms with Gasteiger partial charge >= 0.3 is 0 Å². The first-order valence-corrected chi connectivity index (χ1v) is 11.1. The number of benzene rings is 2. The average molecular weight is 451 g/mol. The van der Waals surface area contributed by atoms with Crippen LogP contribution in [0, 0.1) is 5.82 Å². The van der Waals surface area contributed by atoms with Crippen LogP contribution < -0.4 is 10.2 Å². The summed E-state index contributed by atoms with van der Waals surface area (Å²) in [5.41, 5.74) is 1.51. The molecule has 0 radical (unpaired) electrons. The van der Waals surface area contributed by atoms with Gasteiger partial charge in [-0.1, -0.05) is 30.3 Å². The summed E-state index contributed by atoms with van der Waals surface area (Å²) in [6.07, 6.45) is 2.21. The lowest BCUT2D eigenvalue weighted by Crippen LogP contribution is -2.49. The number of piperazine rings is 1. The fourth-order valence-corrected chi connectivity index (χ4v) is 3.84. The van der Waals surface area contributed by atoms with Crippen molar-refractivity contribution in [1.29, 1.82) is 0 Å². The standard InChI is InChI=1S/C25H27FN4O3/c26-21-9-5-4-8-20(21)22-18-28-24(33-22)11-10-23(31)27-13-12-25(32)30-16-14-29(15-17-30)19-6-2-1-3-7-19/h1-9,18H,10-17H2,(H,27,31). The van der Waals surface area contributed by atoms with Crippen molar-refractivity contribution in [3.05, 3.63) is 72.5 Å². The predicted molar refractivity (Wildman–Crippen MR) is 123 cm³/mol. The third kappa shape index (κ3) is 5.97. The lowest BCUT2D eigenvalue weighted by atomic mass is 10.2. The molecule has 0 aliphatic carbocycles. The van der Waals surface area contributed by atoms with Gasteiger partial charge in [0.15, 0.2) is 11.7 Å². The van der Waals surface area contributed by atoms with Gasteiger partial charge in [0, 0.05) is 57.7 Å². The molecular weight excluding hydrogens is 423 g/mol. The summed E-state index contributed by atoms with van der Waals surface area (Å²) in [5, 5.41) is 2.78. The maximum absolute atomic E-state index is 13.8. The van der Waals surface area contributed by atoms with Gasteiger partial charge in [-0.15, -0.1) is 0 Å². The van der Waals surface area contributed by atoms with Gasteiger partial charge in [0.1, 0.15) is 5.82 Å². The second-order valence-electron chi connectivity index (χ2n) is 7.90. The first-order valence-electron chi connectivity index (χ1n) is 11.1. The molecule has 2 amide bonds. The normalized spacial score (nSPS) is 13.7. The second kappa shape index (κ2) is 10.8. The van der Waals surface area contributed by atoms with Crippen LogP contribution in [0.15, 0.2) is 65.2 Å². The second-order valence-corrected chi connectivity index (χ2v) is 7.90. The number of carbonyl (C=O) groups excluding carboxylic acids is 2. The van der Waals surface area contributed by atoms with Crippen LogP contribution in [0.1, 0.15) is 18.7 Å². The topological polar surface area (TPSA) is 78.7 Å². The molecule has 1 aromatic heterocycles. The quantitative estimate of drug-likeness (QED) is 0.570. The number of aryl methyl sites for hydroxylation is 1. The zero-order chi connectivity index (χ0) is 23.0. The smallest absolute Gasteiger partial charge is 0.224 e. The first kappa shape index (κ1) is 22.5. The number of hydrogen-bond donors (Lipinski definition) is 1. The maximum atomic E-state index is 13.8. The fraction of sp³-hybridized carbons (Fsp3) is 0.320. The zero-order valence-corrected chi connectivity index (χ0v) is 18.4. The van der Waals surface area contributed by atoms with Crippen molar-refractivity contribution in [1.82, 2.24) is 15.2 Å². The van der Waals surface area contributed by atoms with E-state index in [2.05, 4.69) is 27.3 Å². The van der Waals surface area contributed by atoms with Crippen LogP contribution in [0.25, 0.3) is 11.3 Å². The van der Waals surface area contributed by atoms with Gasteiger partial charge in [0.25, 0.3) is 0 Å². The van der Waals surface area contributed by atoms with Gasteiger partial charge in [-0.05, 0) is 24.3 Å². The minimum absolute atomic E-state index is 0.0465. The molecule has 4 rings (SSSR count). The number of carbonyl (C=O) groups is 2. The van der Waals surface area contributed by atoms with Gasteiger partial charge in [0.2, 0.25) is 11.8 Å². The Morgan fingerprint density at radius 1 is 0.970 bits per heavy atom. The van der Waals surface area contributed by atoms with E-state index in [1.807, 2.05) is 23.1 Å². The van der Waals surface area contributed by atoms with Crippen molar-refractivity contribution >= 4 is 17.5 Å². The number of hydrogen-bond acceptors (Lipinski definition) is 5. The summed E-state index contributed by atoms with van der Waals surface area (Å²) >= 11 is 0. The van der Waals surface area contributed by atoms with E-state index < -0.39 is 0 Å². The molecule has 2 aromatic carbocycles. The number of rotatable bonds is 8. The molecule has 1 N–H and O–H groups in total. The van der Waals surface area contributed by atoms with Crippen LogP contribution in [0.5, 0.6) is 0 Å². The molecule has 2 heterocycles. The molecule has 0 unspecified atom stereocenters. The lowest BCUT2D eigenvalue weighted by Gasteiger charge is -2.36. The molecule has 1 aliphatic rings. The van der Waals surface area contributed by atoms with Gasteiger partial charge < -0.3 is 19.5 Å². The number of nitrogens with one attached hydrogen (secondary N) is 1. The molecule has 8 heteroatoms. The Bertz CT molecular complexity index is 1080. The minimum Gasteiger partial charge on any atom is -0.441 e. The van der Waals surface area contributed by atoms with Gasteiger partial charge in [-0.25, -0.2) is 9.37 Å². The summed E-state index contributed by atoms with van der Waals surface area (Å²) in [4.78, 5) is 32.8.